The summed E-state index contributed by atoms with van der Waals surface area (Å²) in [5.74, 6) is 0. The third-order valence-electron chi connectivity index (χ3n) is 4.40. The molecular formula is C14H17N5. The monoisotopic (exact) mass is 255 g/mol. The lowest BCUT2D eigenvalue weighted by Gasteiger charge is -2.35. The molecule has 19 heavy (non-hydrogen) atoms. The third-order valence-corrected chi connectivity index (χ3v) is 4.40. The highest BCUT2D eigenvalue weighted by molar-refractivity contribution is 5.27. The van der Waals surface area contributed by atoms with Crippen molar-refractivity contribution in [3.8, 4) is 0 Å². The molecule has 0 spiro atoms. The highest BCUT2D eigenvalue weighted by Crippen LogP contribution is 2.42. The Morgan fingerprint density at radius 2 is 2.26 bits per heavy atom. The first-order valence-corrected chi connectivity index (χ1v) is 6.94. The highest BCUT2D eigenvalue weighted by atomic mass is 15.3. The van der Waals surface area contributed by atoms with E-state index in [2.05, 4.69) is 20.0 Å². The van der Waals surface area contributed by atoms with Gasteiger partial charge in [0.15, 0.2) is 0 Å². The maximum atomic E-state index is 4.45. The summed E-state index contributed by atoms with van der Waals surface area (Å²) in [6.45, 7) is 2.02. The van der Waals surface area contributed by atoms with Crippen LogP contribution in [0.15, 0.2) is 31.0 Å². The van der Waals surface area contributed by atoms with E-state index >= 15 is 0 Å². The van der Waals surface area contributed by atoms with E-state index in [-0.39, 0.29) is 0 Å². The number of nitrogens with zero attached hydrogens (tertiary/aromatic N) is 5. The molecule has 2 atom stereocenters. The summed E-state index contributed by atoms with van der Waals surface area (Å²) in [5, 5.41) is 4.28. The molecule has 1 fully saturated rings. The zero-order valence-corrected chi connectivity index (χ0v) is 10.8. The first-order valence-electron chi connectivity index (χ1n) is 6.94. The second-order valence-corrected chi connectivity index (χ2v) is 5.38. The van der Waals surface area contributed by atoms with E-state index in [4.69, 9.17) is 0 Å². The third kappa shape index (κ3) is 1.85. The number of aromatic nitrogens is 4. The Balaban J connectivity index is 1.55. The average Bonchev–Trinajstić information content (AvgIpc) is 3.04. The lowest BCUT2D eigenvalue weighted by atomic mass is 9.99. The lowest BCUT2D eigenvalue weighted by molar-refractivity contribution is 0.166. The Labute approximate surface area is 112 Å². The van der Waals surface area contributed by atoms with Gasteiger partial charge in [0.2, 0.25) is 0 Å². The molecule has 0 aromatic carbocycles. The molecule has 2 bridgehead atoms. The van der Waals surface area contributed by atoms with E-state index in [0.717, 1.165) is 19.5 Å². The first-order chi connectivity index (χ1) is 9.42. The van der Waals surface area contributed by atoms with E-state index in [0.29, 0.717) is 12.1 Å². The van der Waals surface area contributed by atoms with Crippen LogP contribution in [0.5, 0.6) is 0 Å². The largest absolute Gasteiger partial charge is 0.291 e. The summed E-state index contributed by atoms with van der Waals surface area (Å²) in [4.78, 5) is 11.3. The fraction of sp³-hybridized carbons (Fsp3) is 0.500. The fourth-order valence-corrected chi connectivity index (χ4v) is 3.52. The topological polar surface area (TPSA) is 46.8 Å². The first kappa shape index (κ1) is 11.1. The molecule has 5 heteroatoms. The quantitative estimate of drug-likeness (QED) is 0.832. The summed E-state index contributed by atoms with van der Waals surface area (Å²) >= 11 is 0. The molecule has 0 saturated carbocycles. The molecule has 0 aliphatic carbocycles. The summed E-state index contributed by atoms with van der Waals surface area (Å²) in [7, 11) is 0. The fourth-order valence-electron chi connectivity index (χ4n) is 3.52. The van der Waals surface area contributed by atoms with E-state index in [1.54, 1.807) is 6.33 Å². The Kier molecular flexibility index (Phi) is 2.58. The van der Waals surface area contributed by atoms with Gasteiger partial charge in [-0.25, -0.2) is 9.97 Å². The van der Waals surface area contributed by atoms with Gasteiger partial charge in [-0.1, -0.05) is 0 Å². The van der Waals surface area contributed by atoms with Gasteiger partial charge in [0.1, 0.15) is 6.33 Å². The van der Waals surface area contributed by atoms with Gasteiger partial charge >= 0.3 is 0 Å². The normalized spacial score (nSPS) is 25.5. The minimum Gasteiger partial charge on any atom is -0.291 e. The van der Waals surface area contributed by atoms with Gasteiger partial charge in [-0.05, 0) is 18.9 Å². The van der Waals surface area contributed by atoms with Crippen LogP contribution in [0, 0.1) is 0 Å². The van der Waals surface area contributed by atoms with Crippen LogP contribution in [-0.2, 0) is 13.0 Å². The van der Waals surface area contributed by atoms with Crippen LogP contribution in [0.25, 0.3) is 0 Å². The summed E-state index contributed by atoms with van der Waals surface area (Å²) in [6.07, 6.45) is 11.2. The summed E-state index contributed by atoms with van der Waals surface area (Å²) < 4.78 is 2.01. The van der Waals surface area contributed by atoms with Crippen molar-refractivity contribution < 1.29 is 0 Å². The van der Waals surface area contributed by atoms with Crippen LogP contribution < -0.4 is 0 Å². The average molecular weight is 255 g/mol. The second-order valence-electron chi connectivity index (χ2n) is 5.38. The molecule has 2 unspecified atom stereocenters. The molecule has 98 valence electrons. The van der Waals surface area contributed by atoms with Crippen molar-refractivity contribution in [2.24, 2.45) is 0 Å². The predicted octanol–water partition coefficient (Wildman–Crippen LogP) is 1.43. The summed E-state index contributed by atoms with van der Waals surface area (Å²) in [6, 6.07) is 3.15. The van der Waals surface area contributed by atoms with Gasteiger partial charge in [0, 0.05) is 49.2 Å². The lowest BCUT2D eigenvalue weighted by Crippen LogP contribution is -2.39. The van der Waals surface area contributed by atoms with Crippen molar-refractivity contribution >= 4 is 0 Å². The SMILES string of the molecule is c1cnn(CCN2C3CCC2c2cncnc2C3)c1. The van der Waals surface area contributed by atoms with Gasteiger partial charge in [-0.3, -0.25) is 9.58 Å². The molecule has 0 radical (unpaired) electrons. The molecule has 0 amide bonds. The standard InChI is InChI=1S/C14H17N5/c1-4-17-18(5-1)6-7-19-11-2-3-14(19)12-9-15-10-16-13(12)8-11/h1,4-5,9-11,14H,2-3,6-8H2. The molecule has 2 aromatic heterocycles. The molecule has 4 rings (SSSR count). The van der Waals surface area contributed by atoms with Crippen molar-refractivity contribution in [3.05, 3.63) is 42.2 Å². The smallest absolute Gasteiger partial charge is 0.115 e. The molecular weight excluding hydrogens is 238 g/mol. The van der Waals surface area contributed by atoms with Crippen LogP contribution in [0.4, 0.5) is 0 Å². The Hall–Kier alpha value is -1.75. The molecule has 4 heterocycles. The second kappa shape index (κ2) is 4.42. The van der Waals surface area contributed by atoms with E-state index in [1.165, 1.54) is 24.1 Å². The van der Waals surface area contributed by atoms with E-state index in [1.807, 2.05) is 29.3 Å². The molecule has 2 aliphatic heterocycles. The van der Waals surface area contributed by atoms with E-state index < -0.39 is 0 Å². The van der Waals surface area contributed by atoms with Crippen molar-refractivity contribution in [3.63, 3.8) is 0 Å². The van der Waals surface area contributed by atoms with Crippen LogP contribution in [0.3, 0.4) is 0 Å². The molecule has 5 nitrogen and oxygen atoms in total. The number of fused-ring (bicyclic) bond motifs is 4. The minimum absolute atomic E-state index is 0.519. The zero-order valence-electron chi connectivity index (χ0n) is 10.8. The van der Waals surface area contributed by atoms with Crippen molar-refractivity contribution in [1.82, 2.24) is 24.6 Å². The predicted molar refractivity (Wildman–Crippen MR) is 70.4 cm³/mol. The van der Waals surface area contributed by atoms with Gasteiger partial charge in [0.05, 0.1) is 12.2 Å². The summed E-state index contributed by atoms with van der Waals surface area (Å²) in [5.41, 5.74) is 2.61. The van der Waals surface area contributed by atoms with Crippen molar-refractivity contribution in [2.45, 2.75) is 37.9 Å². The minimum atomic E-state index is 0.519. The van der Waals surface area contributed by atoms with Gasteiger partial charge in [-0.15, -0.1) is 0 Å². The highest BCUT2D eigenvalue weighted by Gasteiger charge is 2.40. The Bertz CT molecular complexity index is 565. The van der Waals surface area contributed by atoms with E-state index in [9.17, 15) is 0 Å². The molecule has 1 saturated heterocycles. The van der Waals surface area contributed by atoms with Crippen LogP contribution >= 0.6 is 0 Å². The van der Waals surface area contributed by atoms with Crippen molar-refractivity contribution in [1.29, 1.82) is 0 Å². The number of hydrogen-bond donors (Lipinski definition) is 0. The van der Waals surface area contributed by atoms with Gasteiger partial charge in [0.25, 0.3) is 0 Å². The molecule has 0 N–H and O–H groups in total. The van der Waals surface area contributed by atoms with Crippen LogP contribution in [-0.4, -0.2) is 37.2 Å². The van der Waals surface area contributed by atoms with Crippen molar-refractivity contribution in [2.75, 3.05) is 6.54 Å². The maximum absolute atomic E-state index is 4.45. The van der Waals surface area contributed by atoms with Crippen LogP contribution in [0.2, 0.25) is 0 Å². The molecule has 2 aromatic rings. The molecule has 2 aliphatic rings. The maximum Gasteiger partial charge on any atom is 0.115 e. The number of hydrogen-bond acceptors (Lipinski definition) is 4. The number of rotatable bonds is 3. The van der Waals surface area contributed by atoms with Gasteiger partial charge < -0.3 is 0 Å². The Morgan fingerprint density at radius 1 is 1.26 bits per heavy atom. The van der Waals surface area contributed by atoms with Crippen LogP contribution in [0.1, 0.15) is 30.1 Å². The van der Waals surface area contributed by atoms with Gasteiger partial charge in [-0.2, -0.15) is 5.10 Å². The Morgan fingerprint density at radius 3 is 3.16 bits per heavy atom. The zero-order chi connectivity index (χ0) is 12.7.